The lowest BCUT2D eigenvalue weighted by atomic mass is 9.92. The molecule has 2 aliphatic rings. The highest BCUT2D eigenvalue weighted by atomic mass is 32.2. The number of nitro benzene ring substituents is 1. The fourth-order valence-corrected chi connectivity index (χ4v) is 6.76. The molecule has 1 aliphatic carbocycles. The van der Waals surface area contributed by atoms with Crippen LogP contribution in [0.4, 0.5) is 11.4 Å². The van der Waals surface area contributed by atoms with E-state index in [-0.39, 0.29) is 39.9 Å². The van der Waals surface area contributed by atoms with Crippen molar-refractivity contribution in [2.24, 2.45) is 17.3 Å². The van der Waals surface area contributed by atoms with E-state index in [2.05, 4.69) is 23.9 Å². The van der Waals surface area contributed by atoms with E-state index < -0.39 is 14.9 Å². The van der Waals surface area contributed by atoms with Crippen molar-refractivity contribution in [2.45, 2.75) is 84.5 Å². The second-order valence-corrected chi connectivity index (χ2v) is 14.0. The van der Waals surface area contributed by atoms with Crippen molar-refractivity contribution in [3.63, 3.8) is 0 Å². The monoisotopic (exact) mass is 593 g/mol. The van der Waals surface area contributed by atoms with Crippen LogP contribution in [0, 0.1) is 34.3 Å². The minimum atomic E-state index is -3.94. The van der Waals surface area contributed by atoms with Gasteiger partial charge in [0, 0.05) is 57.7 Å². The van der Waals surface area contributed by atoms with Crippen molar-refractivity contribution in [3.05, 3.63) is 27.8 Å². The summed E-state index contributed by atoms with van der Waals surface area (Å²) in [6, 6.07) is 2.92. The molecule has 1 aromatic rings. The zero-order valence-corrected chi connectivity index (χ0v) is 26.0. The average molecular weight is 594 g/mol. The van der Waals surface area contributed by atoms with Crippen LogP contribution >= 0.6 is 0 Å². The first kappa shape index (κ1) is 32.8. The van der Waals surface area contributed by atoms with Gasteiger partial charge in [-0.05, 0) is 62.0 Å². The number of nitrogens with one attached hydrogen (secondary N) is 2. The quantitative estimate of drug-likeness (QED) is 0.175. The SMILES string of the molecule is Cc1c(S(=O)(=O)NCCCCCC(=O)N2CCN(C(=O)CC(C)C)CC2)ccc(NCC2(C(C)C)CC2)c1[N+](=O)[O-]. The van der Waals surface area contributed by atoms with E-state index in [9.17, 15) is 28.1 Å². The Morgan fingerprint density at radius 1 is 1.00 bits per heavy atom. The minimum Gasteiger partial charge on any atom is -0.379 e. The third-order valence-corrected chi connectivity index (χ3v) is 10.1. The molecule has 1 aromatic carbocycles. The Labute approximate surface area is 244 Å². The first-order valence-corrected chi connectivity index (χ1v) is 16.3. The summed E-state index contributed by atoms with van der Waals surface area (Å²) in [5.74, 6) is 0.963. The Kier molecular flexibility index (Phi) is 11.2. The maximum atomic E-state index is 13.0. The second kappa shape index (κ2) is 14.0. The van der Waals surface area contributed by atoms with E-state index in [1.165, 1.54) is 19.1 Å². The molecule has 1 aliphatic heterocycles. The molecule has 3 rings (SSSR count). The maximum absolute atomic E-state index is 13.0. The Balaban J connectivity index is 1.44. The summed E-state index contributed by atoms with van der Waals surface area (Å²) in [6.07, 6.45) is 4.90. The van der Waals surface area contributed by atoms with Gasteiger partial charge in [0.05, 0.1) is 9.82 Å². The Morgan fingerprint density at radius 3 is 2.15 bits per heavy atom. The summed E-state index contributed by atoms with van der Waals surface area (Å²) in [5.41, 5.74) is 0.377. The lowest BCUT2D eigenvalue weighted by Crippen LogP contribution is -2.50. The topological polar surface area (TPSA) is 142 Å². The molecule has 0 spiro atoms. The smallest absolute Gasteiger partial charge is 0.296 e. The Morgan fingerprint density at radius 2 is 1.61 bits per heavy atom. The van der Waals surface area contributed by atoms with Gasteiger partial charge in [-0.3, -0.25) is 19.7 Å². The number of unbranched alkanes of at least 4 members (excludes halogenated alkanes) is 2. The molecule has 0 radical (unpaired) electrons. The number of carbonyl (C=O) groups is 2. The van der Waals surface area contributed by atoms with Crippen LogP contribution in [0.15, 0.2) is 17.0 Å². The van der Waals surface area contributed by atoms with Crippen LogP contribution in [0.2, 0.25) is 0 Å². The summed E-state index contributed by atoms with van der Waals surface area (Å²) in [5, 5.41) is 15.1. The third kappa shape index (κ3) is 8.64. The van der Waals surface area contributed by atoms with E-state index in [0.717, 1.165) is 12.8 Å². The van der Waals surface area contributed by atoms with E-state index in [1.807, 2.05) is 18.7 Å². The van der Waals surface area contributed by atoms with Crippen LogP contribution in [0.3, 0.4) is 0 Å². The highest BCUT2D eigenvalue weighted by molar-refractivity contribution is 7.89. The van der Waals surface area contributed by atoms with E-state index in [4.69, 9.17) is 0 Å². The summed E-state index contributed by atoms with van der Waals surface area (Å²) < 4.78 is 28.5. The third-order valence-electron chi connectivity index (χ3n) is 8.53. The largest absolute Gasteiger partial charge is 0.379 e. The van der Waals surface area contributed by atoms with Crippen molar-refractivity contribution < 1.29 is 22.9 Å². The first-order chi connectivity index (χ1) is 19.3. The van der Waals surface area contributed by atoms with Gasteiger partial charge in [0.2, 0.25) is 21.8 Å². The molecule has 41 heavy (non-hydrogen) atoms. The fourth-order valence-electron chi connectivity index (χ4n) is 5.44. The Hall–Kier alpha value is -2.73. The standard InChI is InChI=1S/C29H47N5O6S/c1-21(2)19-27(36)33-17-15-32(16-18-33)26(35)9-7-6-8-14-31-41(39,40)25-11-10-24(28(23(25)5)34(37)38)30-20-29(12-13-29)22(3)4/h10-11,21-22,30-31H,6-9,12-20H2,1-5H3. The molecule has 0 atom stereocenters. The van der Waals surface area contributed by atoms with Crippen LogP contribution in [0.25, 0.3) is 0 Å². The predicted octanol–water partition coefficient (Wildman–Crippen LogP) is 4.31. The number of nitro groups is 1. The van der Waals surface area contributed by atoms with Crippen LogP contribution in [-0.4, -0.2) is 74.2 Å². The summed E-state index contributed by atoms with van der Waals surface area (Å²) in [6.45, 7) is 12.8. The molecule has 0 bridgehead atoms. The average Bonchev–Trinajstić information content (AvgIpc) is 3.70. The number of hydrogen-bond donors (Lipinski definition) is 2. The molecule has 11 nitrogen and oxygen atoms in total. The van der Waals surface area contributed by atoms with Gasteiger partial charge in [-0.1, -0.05) is 34.1 Å². The van der Waals surface area contributed by atoms with Crippen molar-refractivity contribution in [2.75, 3.05) is 44.6 Å². The number of sulfonamides is 1. The maximum Gasteiger partial charge on any atom is 0.296 e. The molecular formula is C29H47N5O6S. The van der Waals surface area contributed by atoms with Crippen LogP contribution in [-0.2, 0) is 19.6 Å². The highest BCUT2D eigenvalue weighted by Gasteiger charge is 2.45. The molecule has 12 heteroatoms. The van der Waals surface area contributed by atoms with Crippen molar-refractivity contribution in [1.82, 2.24) is 14.5 Å². The number of amides is 2. The van der Waals surface area contributed by atoms with Crippen molar-refractivity contribution in [3.8, 4) is 0 Å². The summed E-state index contributed by atoms with van der Waals surface area (Å²) >= 11 is 0. The van der Waals surface area contributed by atoms with Gasteiger partial charge in [0.1, 0.15) is 5.69 Å². The number of anilines is 1. The predicted molar refractivity (Wildman–Crippen MR) is 159 cm³/mol. The Bertz CT molecular complexity index is 1200. The van der Waals surface area contributed by atoms with Gasteiger partial charge in [-0.2, -0.15) is 0 Å². The summed E-state index contributed by atoms with van der Waals surface area (Å²) in [7, 11) is -3.94. The number of benzene rings is 1. The van der Waals surface area contributed by atoms with Gasteiger partial charge in [0.15, 0.2) is 0 Å². The molecule has 230 valence electrons. The minimum absolute atomic E-state index is 0.0548. The second-order valence-electron chi connectivity index (χ2n) is 12.3. The van der Waals surface area contributed by atoms with Crippen molar-refractivity contribution >= 4 is 33.2 Å². The highest BCUT2D eigenvalue weighted by Crippen LogP contribution is 2.52. The molecular weight excluding hydrogens is 546 g/mol. The zero-order chi connectivity index (χ0) is 30.4. The molecule has 1 saturated carbocycles. The molecule has 1 saturated heterocycles. The van der Waals surface area contributed by atoms with Gasteiger partial charge in [-0.25, -0.2) is 13.1 Å². The molecule has 2 fully saturated rings. The molecule has 0 unspecified atom stereocenters. The lowest BCUT2D eigenvalue weighted by Gasteiger charge is -2.35. The molecule has 0 aromatic heterocycles. The van der Waals surface area contributed by atoms with Gasteiger partial charge in [0.25, 0.3) is 5.69 Å². The van der Waals surface area contributed by atoms with Crippen LogP contribution < -0.4 is 10.0 Å². The van der Waals surface area contributed by atoms with E-state index >= 15 is 0 Å². The normalized spacial score (nSPS) is 16.8. The fraction of sp³-hybridized carbons (Fsp3) is 0.724. The van der Waals surface area contributed by atoms with Crippen molar-refractivity contribution in [1.29, 1.82) is 0 Å². The van der Waals surface area contributed by atoms with E-state index in [0.29, 0.717) is 82.4 Å². The molecule has 2 N–H and O–H groups in total. The first-order valence-electron chi connectivity index (χ1n) is 14.8. The van der Waals surface area contributed by atoms with Crippen LogP contribution in [0.1, 0.15) is 78.2 Å². The van der Waals surface area contributed by atoms with Gasteiger partial charge >= 0.3 is 0 Å². The number of piperazine rings is 1. The number of rotatable bonds is 15. The number of hydrogen-bond acceptors (Lipinski definition) is 7. The van der Waals surface area contributed by atoms with E-state index in [1.54, 1.807) is 4.90 Å². The molecule has 1 heterocycles. The summed E-state index contributed by atoms with van der Waals surface area (Å²) in [4.78, 5) is 39.7. The number of carbonyl (C=O) groups excluding carboxylic acids is 2. The molecule has 2 amide bonds. The van der Waals surface area contributed by atoms with Gasteiger partial charge < -0.3 is 15.1 Å². The zero-order valence-electron chi connectivity index (χ0n) is 25.2. The number of nitrogens with zero attached hydrogens (tertiary/aromatic N) is 3. The lowest BCUT2D eigenvalue weighted by molar-refractivity contribution is -0.384. The van der Waals surface area contributed by atoms with Gasteiger partial charge in [-0.15, -0.1) is 0 Å². The van der Waals surface area contributed by atoms with Crippen LogP contribution in [0.5, 0.6) is 0 Å².